The summed E-state index contributed by atoms with van der Waals surface area (Å²) in [7, 11) is 0. The summed E-state index contributed by atoms with van der Waals surface area (Å²) in [5.41, 5.74) is 0. The number of anilines is 1. The third kappa shape index (κ3) is 2.82. The molecular weight excluding hydrogens is 297 g/mol. The standard InChI is InChI=1S/C14H17ClFN3O2/c1-9(20)19-4-5-21-13-2-3-18(8-12(13)19)14-11(16)6-10(15)7-17-14/h6-7,12-13H,2-5,8H2,1H3. The van der Waals surface area contributed by atoms with Crippen LogP contribution < -0.4 is 4.90 Å². The Morgan fingerprint density at radius 3 is 3.05 bits per heavy atom. The van der Waals surface area contributed by atoms with Crippen molar-refractivity contribution < 1.29 is 13.9 Å². The molecule has 0 radical (unpaired) electrons. The highest BCUT2D eigenvalue weighted by atomic mass is 35.5. The maximum absolute atomic E-state index is 14.0. The first-order valence-electron chi connectivity index (χ1n) is 7.01. The highest BCUT2D eigenvalue weighted by Crippen LogP contribution is 2.28. The lowest BCUT2D eigenvalue weighted by Gasteiger charge is -2.47. The topological polar surface area (TPSA) is 45.7 Å². The van der Waals surface area contributed by atoms with Crippen molar-refractivity contribution >= 4 is 23.3 Å². The molecule has 5 nitrogen and oxygen atoms in total. The molecule has 114 valence electrons. The molecule has 2 unspecified atom stereocenters. The van der Waals surface area contributed by atoms with E-state index < -0.39 is 5.82 Å². The van der Waals surface area contributed by atoms with Gasteiger partial charge in [0.25, 0.3) is 0 Å². The van der Waals surface area contributed by atoms with Gasteiger partial charge in [0.1, 0.15) is 0 Å². The van der Waals surface area contributed by atoms with Gasteiger partial charge in [0.15, 0.2) is 11.6 Å². The van der Waals surface area contributed by atoms with Gasteiger partial charge in [-0.15, -0.1) is 0 Å². The van der Waals surface area contributed by atoms with E-state index in [9.17, 15) is 9.18 Å². The van der Waals surface area contributed by atoms with E-state index in [1.807, 2.05) is 9.80 Å². The SMILES string of the molecule is CC(=O)N1CCOC2CCN(c3ncc(Cl)cc3F)CC21. The van der Waals surface area contributed by atoms with Crippen LogP contribution in [0.4, 0.5) is 10.2 Å². The Morgan fingerprint density at radius 2 is 2.33 bits per heavy atom. The van der Waals surface area contributed by atoms with E-state index in [1.54, 1.807) is 6.92 Å². The van der Waals surface area contributed by atoms with Crippen molar-refractivity contribution in [1.82, 2.24) is 9.88 Å². The molecule has 2 saturated heterocycles. The molecule has 3 rings (SSSR count). The van der Waals surface area contributed by atoms with Crippen molar-refractivity contribution in [2.75, 3.05) is 31.1 Å². The molecule has 0 bridgehead atoms. The number of pyridine rings is 1. The van der Waals surface area contributed by atoms with Crippen LogP contribution in [0, 0.1) is 5.82 Å². The number of ether oxygens (including phenoxy) is 1. The Hall–Kier alpha value is -1.40. The first-order valence-corrected chi connectivity index (χ1v) is 7.39. The molecule has 1 aromatic heterocycles. The summed E-state index contributed by atoms with van der Waals surface area (Å²) >= 11 is 5.74. The van der Waals surface area contributed by atoms with Gasteiger partial charge in [0.2, 0.25) is 5.91 Å². The van der Waals surface area contributed by atoms with E-state index in [1.165, 1.54) is 12.3 Å². The molecule has 2 aliphatic heterocycles. The zero-order valence-corrected chi connectivity index (χ0v) is 12.5. The molecule has 2 fully saturated rings. The van der Waals surface area contributed by atoms with Crippen molar-refractivity contribution in [2.24, 2.45) is 0 Å². The monoisotopic (exact) mass is 313 g/mol. The molecule has 0 spiro atoms. The fraction of sp³-hybridized carbons (Fsp3) is 0.571. The summed E-state index contributed by atoms with van der Waals surface area (Å²) in [6.07, 6.45) is 2.21. The Bertz CT molecular complexity index is 557. The number of carbonyl (C=O) groups is 1. The maximum Gasteiger partial charge on any atom is 0.219 e. The van der Waals surface area contributed by atoms with E-state index in [0.29, 0.717) is 26.2 Å². The predicted octanol–water partition coefficient (Wildman–Crippen LogP) is 1.70. The Balaban J connectivity index is 1.82. The predicted molar refractivity (Wildman–Crippen MR) is 77.0 cm³/mol. The highest BCUT2D eigenvalue weighted by molar-refractivity contribution is 6.30. The van der Waals surface area contributed by atoms with Gasteiger partial charge in [0.05, 0.1) is 23.8 Å². The number of hydrogen-bond donors (Lipinski definition) is 0. The van der Waals surface area contributed by atoms with E-state index in [-0.39, 0.29) is 28.9 Å². The van der Waals surface area contributed by atoms with Crippen LogP contribution in [0.15, 0.2) is 12.3 Å². The van der Waals surface area contributed by atoms with Crippen LogP contribution in [-0.2, 0) is 9.53 Å². The van der Waals surface area contributed by atoms with Crippen LogP contribution in [0.25, 0.3) is 0 Å². The van der Waals surface area contributed by atoms with E-state index in [4.69, 9.17) is 16.3 Å². The molecule has 21 heavy (non-hydrogen) atoms. The number of piperidine rings is 1. The smallest absolute Gasteiger partial charge is 0.219 e. The van der Waals surface area contributed by atoms with Gasteiger partial charge in [-0.1, -0.05) is 11.6 Å². The second kappa shape index (κ2) is 5.77. The average Bonchev–Trinajstić information content (AvgIpc) is 2.46. The zero-order valence-electron chi connectivity index (χ0n) is 11.8. The van der Waals surface area contributed by atoms with Crippen molar-refractivity contribution in [3.63, 3.8) is 0 Å². The number of aromatic nitrogens is 1. The molecule has 3 heterocycles. The Kier molecular flexibility index (Phi) is 3.99. The fourth-order valence-electron chi connectivity index (χ4n) is 3.10. The van der Waals surface area contributed by atoms with Crippen LogP contribution >= 0.6 is 11.6 Å². The third-order valence-corrected chi connectivity index (χ3v) is 4.28. The summed E-state index contributed by atoms with van der Waals surface area (Å²) in [5.74, 6) is -0.126. The van der Waals surface area contributed by atoms with Crippen LogP contribution in [0.1, 0.15) is 13.3 Å². The van der Waals surface area contributed by atoms with Gasteiger partial charge < -0.3 is 14.5 Å². The minimum atomic E-state index is -0.438. The van der Waals surface area contributed by atoms with Crippen LogP contribution in [-0.4, -0.2) is 54.2 Å². The lowest BCUT2D eigenvalue weighted by Crippen LogP contribution is -2.61. The molecule has 7 heteroatoms. The number of rotatable bonds is 1. The first-order chi connectivity index (χ1) is 10.1. The van der Waals surface area contributed by atoms with Gasteiger partial charge in [-0.25, -0.2) is 9.37 Å². The first kappa shape index (κ1) is 14.5. The van der Waals surface area contributed by atoms with Gasteiger partial charge in [-0.05, 0) is 12.5 Å². The molecular formula is C14H17ClFN3O2. The molecule has 0 aromatic carbocycles. The van der Waals surface area contributed by atoms with E-state index in [0.717, 1.165) is 6.42 Å². The summed E-state index contributed by atoms with van der Waals surface area (Å²) in [4.78, 5) is 19.5. The summed E-state index contributed by atoms with van der Waals surface area (Å²) in [6, 6.07) is 1.21. The second-order valence-electron chi connectivity index (χ2n) is 5.38. The molecule has 0 saturated carbocycles. The van der Waals surface area contributed by atoms with Crippen LogP contribution in [0.5, 0.6) is 0 Å². The highest BCUT2D eigenvalue weighted by Gasteiger charge is 2.39. The minimum Gasteiger partial charge on any atom is -0.374 e. The normalized spacial score (nSPS) is 25.7. The average molecular weight is 314 g/mol. The number of morpholine rings is 1. The van der Waals surface area contributed by atoms with Gasteiger partial charge >= 0.3 is 0 Å². The van der Waals surface area contributed by atoms with Gasteiger partial charge in [-0.3, -0.25) is 4.79 Å². The molecule has 2 atom stereocenters. The fourth-order valence-corrected chi connectivity index (χ4v) is 3.24. The second-order valence-corrected chi connectivity index (χ2v) is 5.82. The molecule has 0 N–H and O–H groups in total. The van der Waals surface area contributed by atoms with Gasteiger partial charge in [-0.2, -0.15) is 0 Å². The lowest BCUT2D eigenvalue weighted by molar-refractivity contribution is -0.145. The minimum absolute atomic E-state index is 0.0225. The number of carbonyl (C=O) groups excluding carboxylic acids is 1. The van der Waals surface area contributed by atoms with E-state index in [2.05, 4.69) is 4.98 Å². The lowest BCUT2D eigenvalue weighted by atomic mass is 9.98. The van der Waals surface area contributed by atoms with Crippen molar-refractivity contribution in [3.8, 4) is 0 Å². The molecule has 1 aromatic rings. The number of fused-ring (bicyclic) bond motifs is 1. The van der Waals surface area contributed by atoms with Crippen LogP contribution in [0.2, 0.25) is 5.02 Å². The summed E-state index contributed by atoms with van der Waals surface area (Å²) < 4.78 is 19.8. The maximum atomic E-state index is 14.0. The number of amides is 1. The third-order valence-electron chi connectivity index (χ3n) is 4.08. The Labute approximate surface area is 127 Å². The largest absolute Gasteiger partial charge is 0.374 e. The molecule has 2 aliphatic rings. The Morgan fingerprint density at radius 1 is 1.52 bits per heavy atom. The zero-order chi connectivity index (χ0) is 15.0. The quantitative estimate of drug-likeness (QED) is 0.792. The molecule has 0 aliphatic carbocycles. The van der Waals surface area contributed by atoms with E-state index >= 15 is 0 Å². The van der Waals surface area contributed by atoms with Crippen molar-refractivity contribution in [3.05, 3.63) is 23.1 Å². The number of hydrogen-bond acceptors (Lipinski definition) is 4. The summed E-state index contributed by atoms with van der Waals surface area (Å²) in [6.45, 7) is 3.88. The summed E-state index contributed by atoms with van der Waals surface area (Å²) in [5, 5.41) is 0.275. The van der Waals surface area contributed by atoms with Crippen LogP contribution in [0.3, 0.4) is 0 Å². The van der Waals surface area contributed by atoms with Crippen molar-refractivity contribution in [2.45, 2.75) is 25.5 Å². The molecule has 1 amide bonds. The number of nitrogens with zero attached hydrogens (tertiary/aromatic N) is 3. The van der Waals surface area contributed by atoms with Crippen molar-refractivity contribution in [1.29, 1.82) is 0 Å². The number of halogens is 2. The van der Waals surface area contributed by atoms with Gasteiger partial charge in [0, 0.05) is 32.8 Å².